The number of benzene rings is 1. The first-order valence-electron chi connectivity index (χ1n) is 20.9. The van der Waals surface area contributed by atoms with Gasteiger partial charge < -0.3 is 70.2 Å². The quantitative estimate of drug-likeness (QED) is 0.0577. The van der Waals surface area contributed by atoms with Gasteiger partial charge in [-0.1, -0.05) is 32.4 Å². The Balaban J connectivity index is 2.40. The van der Waals surface area contributed by atoms with Gasteiger partial charge in [-0.15, -0.1) is 0 Å². The number of carbonyl (C=O) groups excluding carboxylic acids is 12. The van der Waals surface area contributed by atoms with Gasteiger partial charge in [-0.2, -0.15) is 0 Å². The molecule has 0 spiro atoms. The molecule has 1 heterocycles. The van der Waals surface area contributed by atoms with Crippen LogP contribution in [0.15, 0.2) is 24.3 Å². The molecule has 0 saturated carbocycles. The average Bonchev–Trinajstić information content (AvgIpc) is 3.24. The van der Waals surface area contributed by atoms with Crippen molar-refractivity contribution in [1.82, 2.24) is 47.9 Å². The molecule has 0 aromatic heterocycles. The summed E-state index contributed by atoms with van der Waals surface area (Å²) < 4.78 is 0. The highest BCUT2D eigenvalue weighted by Crippen LogP contribution is 2.14. The van der Waals surface area contributed by atoms with E-state index in [1.165, 1.54) is 24.3 Å². The van der Waals surface area contributed by atoms with Crippen molar-refractivity contribution in [2.45, 2.75) is 108 Å². The monoisotopic (exact) mass is 916 g/mol. The number of unbranched alkanes of at least 4 members (excludes halogenated alkanes) is 1. The maximum absolute atomic E-state index is 13.9. The standard InChI is InChI=1S/C40H60N12O13/c1-3-21(2)35-40(65)50-25(11-13-28(41)54)37(62)51-27(17-29(42)55)38(63)49-24(36(61)44-15-5-4-6-31(57)46-19-33(59)45-18-30(43)56)12-14-32(58)47-20-34(60)48-26(39(64)52-35)16-22-7-9-23(53)10-8-22/h7-10,21,24-27,35,53H,3-6,11-20H2,1-2H3,(H2,41,54)(H2,42,55)(H2,43,56)(H,44,61)(H,45,59)(H,46,57)(H,47,58)(H,48,60)(H,49,63)(H,50,65)(H,51,62)(H,52,64)/t21-,24-,25-,26-,27-,35-/m0/s1. The summed E-state index contributed by atoms with van der Waals surface area (Å²) in [6, 6.07) is -1.77. The molecule has 25 nitrogen and oxygen atoms in total. The lowest BCUT2D eigenvalue weighted by Crippen LogP contribution is -2.61. The summed E-state index contributed by atoms with van der Waals surface area (Å²) >= 11 is 0. The number of phenolic OH excluding ortho intramolecular Hbond substituents is 1. The number of nitrogens with one attached hydrogen (secondary N) is 9. The maximum Gasteiger partial charge on any atom is 0.243 e. The molecule has 25 heteroatoms. The second kappa shape index (κ2) is 27.7. The van der Waals surface area contributed by atoms with E-state index in [-0.39, 0.29) is 44.4 Å². The minimum absolute atomic E-state index is 0.0385. The van der Waals surface area contributed by atoms with E-state index in [9.17, 15) is 62.6 Å². The fourth-order valence-corrected chi connectivity index (χ4v) is 6.12. The second-order valence-corrected chi connectivity index (χ2v) is 15.3. The van der Waals surface area contributed by atoms with Crippen LogP contribution in [0, 0.1) is 5.92 Å². The molecule has 16 N–H and O–H groups in total. The van der Waals surface area contributed by atoms with E-state index >= 15 is 0 Å². The second-order valence-electron chi connectivity index (χ2n) is 15.3. The van der Waals surface area contributed by atoms with E-state index in [1.807, 2.05) is 0 Å². The van der Waals surface area contributed by atoms with Crippen molar-refractivity contribution in [2.24, 2.45) is 23.1 Å². The van der Waals surface area contributed by atoms with Gasteiger partial charge in [-0.3, -0.25) is 57.5 Å². The highest BCUT2D eigenvalue weighted by atomic mass is 16.3. The van der Waals surface area contributed by atoms with Gasteiger partial charge in [-0.25, -0.2) is 0 Å². The Kier molecular flexibility index (Phi) is 22.9. The molecule has 1 aromatic rings. The van der Waals surface area contributed by atoms with Crippen molar-refractivity contribution < 1.29 is 62.6 Å². The molecule has 1 saturated heterocycles. The molecular formula is C40H60N12O13. The highest BCUT2D eigenvalue weighted by molar-refractivity contribution is 5.98. The lowest BCUT2D eigenvalue weighted by Gasteiger charge is -2.29. The number of phenols is 1. The van der Waals surface area contributed by atoms with E-state index in [0.29, 0.717) is 12.0 Å². The van der Waals surface area contributed by atoms with Gasteiger partial charge in [0.05, 0.1) is 26.1 Å². The van der Waals surface area contributed by atoms with Crippen LogP contribution in [0.25, 0.3) is 0 Å². The summed E-state index contributed by atoms with van der Waals surface area (Å²) in [5.74, 6) is -10.8. The van der Waals surface area contributed by atoms with E-state index in [1.54, 1.807) is 13.8 Å². The largest absolute Gasteiger partial charge is 0.508 e. The number of primary amides is 3. The minimum atomic E-state index is -1.76. The molecule has 6 atom stereocenters. The summed E-state index contributed by atoms with van der Waals surface area (Å²) in [5.41, 5.74) is 16.2. The minimum Gasteiger partial charge on any atom is -0.508 e. The van der Waals surface area contributed by atoms with Gasteiger partial charge in [0.2, 0.25) is 70.9 Å². The number of rotatable bonds is 19. The van der Waals surface area contributed by atoms with Crippen molar-refractivity contribution in [1.29, 1.82) is 0 Å². The zero-order valence-corrected chi connectivity index (χ0v) is 36.3. The number of nitrogens with two attached hydrogens (primary N) is 3. The van der Waals surface area contributed by atoms with Crippen LogP contribution in [0.2, 0.25) is 0 Å². The summed E-state index contributed by atoms with van der Waals surface area (Å²) in [5, 5.41) is 31.7. The number of hydrogen-bond donors (Lipinski definition) is 13. The Morgan fingerprint density at radius 1 is 0.692 bits per heavy atom. The molecule has 1 aliphatic heterocycles. The normalized spacial score (nSPS) is 20.7. The molecule has 0 aliphatic carbocycles. The Morgan fingerprint density at radius 3 is 1.95 bits per heavy atom. The zero-order valence-electron chi connectivity index (χ0n) is 36.3. The van der Waals surface area contributed by atoms with E-state index in [2.05, 4.69) is 47.9 Å². The molecule has 12 amide bonds. The van der Waals surface area contributed by atoms with E-state index < -0.39 is 152 Å². The van der Waals surface area contributed by atoms with Crippen molar-refractivity contribution in [2.75, 3.05) is 26.2 Å². The third kappa shape index (κ3) is 21.1. The van der Waals surface area contributed by atoms with Crippen LogP contribution in [0.4, 0.5) is 0 Å². The predicted octanol–water partition coefficient (Wildman–Crippen LogP) is -5.54. The van der Waals surface area contributed by atoms with Gasteiger partial charge in [-0.05, 0) is 49.3 Å². The smallest absolute Gasteiger partial charge is 0.243 e. The van der Waals surface area contributed by atoms with Gasteiger partial charge in [0.25, 0.3) is 0 Å². The first kappa shape index (κ1) is 53.8. The number of aromatic hydroxyl groups is 1. The van der Waals surface area contributed by atoms with Gasteiger partial charge in [0.1, 0.15) is 36.0 Å². The lowest BCUT2D eigenvalue weighted by atomic mass is 9.96. The Labute approximate surface area is 374 Å². The van der Waals surface area contributed by atoms with Crippen LogP contribution in [0.5, 0.6) is 5.75 Å². The first-order chi connectivity index (χ1) is 30.7. The van der Waals surface area contributed by atoms with Crippen LogP contribution in [-0.4, -0.2) is 132 Å². The fraction of sp³-hybridized carbons (Fsp3) is 0.550. The van der Waals surface area contributed by atoms with Crippen LogP contribution in [0.1, 0.15) is 77.2 Å². The molecule has 358 valence electrons. The fourth-order valence-electron chi connectivity index (χ4n) is 6.12. The third-order valence-electron chi connectivity index (χ3n) is 9.95. The first-order valence-corrected chi connectivity index (χ1v) is 20.9. The number of amides is 12. The zero-order chi connectivity index (χ0) is 48.6. The van der Waals surface area contributed by atoms with Crippen LogP contribution < -0.4 is 65.1 Å². The molecule has 1 aliphatic rings. The molecule has 65 heavy (non-hydrogen) atoms. The number of hydrogen-bond acceptors (Lipinski definition) is 13. The van der Waals surface area contributed by atoms with Crippen LogP contribution >= 0.6 is 0 Å². The molecule has 2 rings (SSSR count). The van der Waals surface area contributed by atoms with Crippen LogP contribution in [0.3, 0.4) is 0 Å². The topological polar surface area (TPSA) is 411 Å². The lowest BCUT2D eigenvalue weighted by molar-refractivity contribution is -0.136. The molecular weight excluding hydrogens is 857 g/mol. The molecule has 1 aromatic carbocycles. The Bertz CT molecular complexity index is 1910. The van der Waals surface area contributed by atoms with Gasteiger partial charge in [0, 0.05) is 32.2 Å². The predicted molar refractivity (Wildman–Crippen MR) is 227 cm³/mol. The maximum atomic E-state index is 13.9. The summed E-state index contributed by atoms with van der Waals surface area (Å²) in [4.78, 5) is 154. The van der Waals surface area contributed by atoms with Crippen molar-refractivity contribution in [3.63, 3.8) is 0 Å². The Hall–Kier alpha value is -7.34. The van der Waals surface area contributed by atoms with E-state index in [0.717, 1.165) is 0 Å². The molecule has 0 bridgehead atoms. The molecule has 0 radical (unpaired) electrons. The molecule has 0 unspecified atom stereocenters. The highest BCUT2D eigenvalue weighted by Gasteiger charge is 2.35. The SMILES string of the molecule is CC[C@H](C)[C@@H]1NC(=O)[C@H](Cc2ccc(O)cc2)NC(=O)CNC(=O)CC[C@@H](C(=O)NCCCCC(=O)NCC(=O)NCC(N)=O)NC(=O)[C@H](CC(N)=O)NC(=O)[C@H](CCC(N)=O)NC1=O. The summed E-state index contributed by atoms with van der Waals surface area (Å²) in [6.07, 6.45) is -1.88. The van der Waals surface area contributed by atoms with Crippen molar-refractivity contribution >= 4 is 70.9 Å². The van der Waals surface area contributed by atoms with E-state index in [4.69, 9.17) is 17.2 Å². The van der Waals surface area contributed by atoms with Crippen molar-refractivity contribution in [3.05, 3.63) is 29.8 Å². The molecule has 1 fully saturated rings. The van der Waals surface area contributed by atoms with Gasteiger partial charge >= 0.3 is 0 Å². The summed E-state index contributed by atoms with van der Waals surface area (Å²) in [6.45, 7) is 1.87. The van der Waals surface area contributed by atoms with Crippen LogP contribution in [-0.2, 0) is 64.0 Å². The Morgan fingerprint density at radius 2 is 1.32 bits per heavy atom. The number of carbonyl (C=O) groups is 12. The third-order valence-corrected chi connectivity index (χ3v) is 9.95. The van der Waals surface area contributed by atoms with Crippen molar-refractivity contribution in [3.8, 4) is 5.75 Å². The average molecular weight is 917 g/mol. The van der Waals surface area contributed by atoms with Gasteiger partial charge in [0.15, 0.2) is 0 Å². The summed E-state index contributed by atoms with van der Waals surface area (Å²) in [7, 11) is 0.